The molecule has 5 rings (SSSR count). The molecule has 36 heavy (non-hydrogen) atoms. The number of nitrogens with one attached hydrogen (secondary N) is 1. The molecule has 0 spiro atoms. The molecule has 1 fully saturated rings. The summed E-state index contributed by atoms with van der Waals surface area (Å²) < 4.78 is 54.9. The third-order valence-electron chi connectivity index (χ3n) is 7.23. The Morgan fingerprint density at radius 1 is 0.972 bits per heavy atom. The first-order valence-corrected chi connectivity index (χ1v) is 12.0. The van der Waals surface area contributed by atoms with E-state index in [9.17, 15) is 22.4 Å². The van der Waals surface area contributed by atoms with Crippen LogP contribution in [0.25, 0.3) is 0 Å². The van der Waals surface area contributed by atoms with Gasteiger partial charge in [-0.15, -0.1) is 0 Å². The number of hydrogen-bond donors (Lipinski definition) is 1. The van der Waals surface area contributed by atoms with Crippen molar-refractivity contribution in [2.24, 2.45) is 5.92 Å². The lowest BCUT2D eigenvalue weighted by atomic mass is 9.82. The van der Waals surface area contributed by atoms with Gasteiger partial charge < -0.3 is 15.1 Å². The van der Waals surface area contributed by atoms with Crippen LogP contribution in [0.4, 0.5) is 28.9 Å². The third-order valence-corrected chi connectivity index (χ3v) is 7.23. The molecule has 2 aliphatic heterocycles. The molecular weight excluding hydrogens is 470 g/mol. The standard InChI is InChI=1S/C28H27F4N3O/c1-18(19-7-3-2-4-8-19)33-27(36)22-16-20-15-21(28(30,31)32)11-12-24(20)35-14-13-34(17-26(22)35)25-10-6-5-9-23(25)29/h2-12,15,18,22,26H,13-14,16-17H2,1H3,(H,33,36)/t18-,22+,26+/m0/s1. The van der Waals surface area contributed by atoms with Crippen LogP contribution >= 0.6 is 0 Å². The molecule has 3 aromatic carbocycles. The van der Waals surface area contributed by atoms with Crippen molar-refractivity contribution in [3.05, 3.63) is 95.3 Å². The fourth-order valence-electron chi connectivity index (χ4n) is 5.37. The fraction of sp³-hybridized carbons (Fsp3) is 0.321. The number of hydrogen-bond acceptors (Lipinski definition) is 3. The van der Waals surface area contributed by atoms with Gasteiger partial charge in [0.1, 0.15) is 5.82 Å². The van der Waals surface area contributed by atoms with Crippen molar-refractivity contribution in [3.8, 4) is 0 Å². The van der Waals surface area contributed by atoms with Crippen molar-refractivity contribution in [2.75, 3.05) is 29.4 Å². The summed E-state index contributed by atoms with van der Waals surface area (Å²) in [5.41, 5.74) is 1.90. The smallest absolute Gasteiger partial charge is 0.365 e. The lowest BCUT2D eigenvalue weighted by molar-refractivity contribution is -0.137. The summed E-state index contributed by atoms with van der Waals surface area (Å²) in [6.45, 7) is 3.23. The first-order valence-electron chi connectivity index (χ1n) is 12.0. The summed E-state index contributed by atoms with van der Waals surface area (Å²) in [5, 5.41) is 3.06. The minimum absolute atomic E-state index is 0.179. The minimum atomic E-state index is -4.46. The van der Waals surface area contributed by atoms with E-state index >= 15 is 0 Å². The largest absolute Gasteiger partial charge is 0.416 e. The molecule has 2 heterocycles. The molecule has 0 bridgehead atoms. The second kappa shape index (κ2) is 9.48. The number of halogens is 4. The zero-order chi connectivity index (χ0) is 25.4. The third kappa shape index (κ3) is 4.64. The van der Waals surface area contributed by atoms with Crippen LogP contribution in [-0.4, -0.2) is 31.6 Å². The van der Waals surface area contributed by atoms with Crippen LogP contribution in [0.5, 0.6) is 0 Å². The van der Waals surface area contributed by atoms with Crippen LogP contribution in [0, 0.1) is 11.7 Å². The molecule has 3 aromatic rings. The zero-order valence-corrected chi connectivity index (χ0v) is 19.8. The number of para-hydroxylation sites is 1. The number of alkyl halides is 3. The summed E-state index contributed by atoms with van der Waals surface area (Å²) in [5.74, 6) is -1.16. The first kappa shape index (κ1) is 24.2. The average Bonchev–Trinajstić information content (AvgIpc) is 2.87. The van der Waals surface area contributed by atoms with Gasteiger partial charge in [-0.2, -0.15) is 13.2 Å². The number of carbonyl (C=O) groups is 1. The number of rotatable bonds is 4. The number of benzene rings is 3. The summed E-state index contributed by atoms with van der Waals surface area (Å²) in [4.78, 5) is 17.5. The van der Waals surface area contributed by atoms with Crippen LogP contribution in [0.2, 0.25) is 0 Å². The monoisotopic (exact) mass is 497 g/mol. The van der Waals surface area contributed by atoms with Crippen LogP contribution in [0.1, 0.15) is 29.7 Å². The predicted molar refractivity (Wildman–Crippen MR) is 131 cm³/mol. The number of fused-ring (bicyclic) bond motifs is 3. The summed E-state index contributed by atoms with van der Waals surface area (Å²) in [7, 11) is 0. The molecule has 3 atom stereocenters. The number of amides is 1. The van der Waals surface area contributed by atoms with Crippen LogP contribution in [-0.2, 0) is 17.4 Å². The summed E-state index contributed by atoms with van der Waals surface area (Å²) in [6.07, 6.45) is -4.28. The van der Waals surface area contributed by atoms with Crippen molar-refractivity contribution in [1.82, 2.24) is 5.32 Å². The van der Waals surface area contributed by atoms with E-state index in [1.54, 1.807) is 18.2 Å². The Labute approximate surface area is 207 Å². The van der Waals surface area contributed by atoms with Gasteiger partial charge >= 0.3 is 6.18 Å². The van der Waals surface area contributed by atoms with Crippen molar-refractivity contribution in [1.29, 1.82) is 0 Å². The van der Waals surface area contributed by atoms with Gasteiger partial charge in [-0.25, -0.2) is 4.39 Å². The second-order valence-electron chi connectivity index (χ2n) is 9.45. The zero-order valence-electron chi connectivity index (χ0n) is 19.8. The highest BCUT2D eigenvalue weighted by atomic mass is 19.4. The molecule has 1 amide bonds. The maximum Gasteiger partial charge on any atom is 0.416 e. The summed E-state index contributed by atoms with van der Waals surface area (Å²) in [6, 6.07) is 19.2. The SMILES string of the molecule is C[C@H](NC(=O)[C@@H]1Cc2cc(C(F)(F)F)ccc2N2CCN(c3ccccc3F)C[C@H]12)c1ccccc1. The molecule has 4 nitrogen and oxygen atoms in total. The first-order chi connectivity index (χ1) is 17.2. The Bertz CT molecular complexity index is 1250. The van der Waals surface area contributed by atoms with Gasteiger partial charge in [0.2, 0.25) is 5.91 Å². The van der Waals surface area contributed by atoms with Crippen LogP contribution < -0.4 is 15.1 Å². The Balaban J connectivity index is 1.47. The molecule has 1 saturated heterocycles. The van der Waals surface area contributed by atoms with Gasteiger partial charge in [-0.1, -0.05) is 42.5 Å². The molecule has 188 valence electrons. The van der Waals surface area contributed by atoms with Gasteiger partial charge in [0.05, 0.1) is 29.3 Å². The fourth-order valence-corrected chi connectivity index (χ4v) is 5.37. The van der Waals surface area contributed by atoms with Gasteiger partial charge in [-0.05, 0) is 54.8 Å². The van der Waals surface area contributed by atoms with Crippen molar-refractivity contribution in [3.63, 3.8) is 0 Å². The Hall–Kier alpha value is -3.55. The topological polar surface area (TPSA) is 35.6 Å². The van der Waals surface area contributed by atoms with E-state index in [4.69, 9.17) is 0 Å². The van der Waals surface area contributed by atoms with E-state index in [1.807, 2.05) is 47.1 Å². The number of anilines is 2. The lowest BCUT2D eigenvalue weighted by Gasteiger charge is -2.50. The maximum atomic E-state index is 14.6. The molecule has 0 aliphatic carbocycles. The van der Waals surface area contributed by atoms with E-state index in [0.29, 0.717) is 36.6 Å². The average molecular weight is 498 g/mol. The van der Waals surface area contributed by atoms with Gasteiger partial charge in [0.25, 0.3) is 0 Å². The number of nitrogens with zero attached hydrogens (tertiary/aromatic N) is 2. The summed E-state index contributed by atoms with van der Waals surface area (Å²) >= 11 is 0. The van der Waals surface area contributed by atoms with Gasteiger partial charge in [0, 0.05) is 25.3 Å². The lowest BCUT2D eigenvalue weighted by Crippen LogP contribution is -2.61. The molecule has 0 aromatic heterocycles. The second-order valence-corrected chi connectivity index (χ2v) is 9.45. The molecule has 0 radical (unpaired) electrons. The van der Waals surface area contributed by atoms with E-state index in [-0.39, 0.29) is 30.2 Å². The molecular formula is C28H27F4N3O. The highest BCUT2D eigenvalue weighted by Gasteiger charge is 2.43. The van der Waals surface area contributed by atoms with Crippen molar-refractivity contribution < 1.29 is 22.4 Å². The maximum absolute atomic E-state index is 14.6. The van der Waals surface area contributed by atoms with Gasteiger partial charge in [0.15, 0.2) is 0 Å². The van der Waals surface area contributed by atoms with Crippen molar-refractivity contribution in [2.45, 2.75) is 31.6 Å². The van der Waals surface area contributed by atoms with E-state index in [1.165, 1.54) is 12.1 Å². The number of piperazine rings is 1. The van der Waals surface area contributed by atoms with Gasteiger partial charge in [-0.3, -0.25) is 4.79 Å². The highest BCUT2D eigenvalue weighted by molar-refractivity contribution is 5.83. The predicted octanol–water partition coefficient (Wildman–Crippen LogP) is 5.59. The van der Waals surface area contributed by atoms with Crippen molar-refractivity contribution >= 4 is 17.3 Å². The van der Waals surface area contributed by atoms with Crippen LogP contribution in [0.15, 0.2) is 72.8 Å². The van der Waals surface area contributed by atoms with E-state index in [0.717, 1.165) is 17.7 Å². The van der Waals surface area contributed by atoms with Crippen LogP contribution in [0.3, 0.4) is 0 Å². The normalized spacial score (nSPS) is 20.4. The minimum Gasteiger partial charge on any atom is -0.365 e. The highest BCUT2D eigenvalue weighted by Crippen LogP contribution is 2.40. The Morgan fingerprint density at radius 3 is 2.42 bits per heavy atom. The Morgan fingerprint density at radius 2 is 1.69 bits per heavy atom. The molecule has 1 N–H and O–H groups in total. The Kier molecular flexibility index (Phi) is 6.36. The molecule has 0 saturated carbocycles. The van der Waals surface area contributed by atoms with E-state index < -0.39 is 17.7 Å². The number of carbonyl (C=O) groups excluding carboxylic acids is 1. The molecule has 0 unspecified atom stereocenters. The van der Waals surface area contributed by atoms with E-state index in [2.05, 4.69) is 5.32 Å². The molecule has 8 heteroatoms. The quantitative estimate of drug-likeness (QED) is 0.478. The molecule has 2 aliphatic rings.